The average Bonchev–Trinajstić information content (AvgIpc) is 3.31. The first-order valence-electron chi connectivity index (χ1n) is 10.6. The van der Waals surface area contributed by atoms with Crippen LogP contribution in [0.5, 0.6) is 5.75 Å². The third-order valence-corrected chi connectivity index (χ3v) is 6.06. The molecular weight excluding hydrogens is 399 g/mol. The maximum absolute atomic E-state index is 14.0. The molecule has 0 aliphatic carbocycles. The number of ether oxygens (including phenoxy) is 1. The fourth-order valence-corrected chi connectivity index (χ4v) is 4.45. The quantitative estimate of drug-likeness (QED) is 0.649. The number of amides is 1. The van der Waals surface area contributed by atoms with Crippen LogP contribution in [0, 0.1) is 5.82 Å². The maximum Gasteiger partial charge on any atom is 0.275 e. The summed E-state index contributed by atoms with van der Waals surface area (Å²) in [6.07, 6.45) is 0.691. The van der Waals surface area contributed by atoms with Crippen molar-refractivity contribution in [2.75, 3.05) is 37.7 Å². The lowest BCUT2D eigenvalue weighted by molar-refractivity contribution is 0.0740. The van der Waals surface area contributed by atoms with Gasteiger partial charge in [-0.15, -0.1) is 0 Å². The lowest BCUT2D eigenvalue weighted by Gasteiger charge is -2.36. The maximum atomic E-state index is 14.0. The molecule has 0 spiro atoms. The second-order valence-corrected chi connectivity index (χ2v) is 7.77. The van der Waals surface area contributed by atoms with E-state index in [0.29, 0.717) is 68.0 Å². The van der Waals surface area contributed by atoms with Gasteiger partial charge in [0, 0.05) is 55.8 Å². The highest BCUT2D eigenvalue weighted by atomic mass is 19.1. The van der Waals surface area contributed by atoms with Crippen molar-refractivity contribution < 1.29 is 13.9 Å². The molecule has 3 aromatic rings. The molecule has 7 nitrogen and oxygen atoms in total. The molecule has 8 heteroatoms. The van der Waals surface area contributed by atoms with E-state index in [1.165, 1.54) is 10.7 Å². The molecule has 1 fully saturated rings. The first-order chi connectivity index (χ1) is 15.1. The fourth-order valence-electron chi connectivity index (χ4n) is 4.45. The Morgan fingerprint density at radius 1 is 1.10 bits per heavy atom. The number of fused-ring (bicyclic) bond motifs is 2. The van der Waals surface area contributed by atoms with Crippen LogP contribution in [-0.4, -0.2) is 53.4 Å². The van der Waals surface area contributed by atoms with Crippen LogP contribution in [0.3, 0.4) is 0 Å². The van der Waals surface area contributed by atoms with Gasteiger partial charge in [-0.05, 0) is 25.1 Å². The molecule has 1 saturated heterocycles. The Labute approximate surface area is 178 Å². The van der Waals surface area contributed by atoms with E-state index >= 15 is 0 Å². The molecule has 1 aromatic heterocycles. The standard InChI is InChI=1S/C23H23FN4O3/c1-2-28-22(29)16-6-4-3-5-15(16)20(25-28)23(30)27-12-10-26(11-13-27)19-8-7-18(24)21-17(19)9-14-31-21/h3-8H,2,9-14H2,1H3. The van der Waals surface area contributed by atoms with E-state index in [0.717, 1.165) is 11.3 Å². The Balaban J connectivity index is 1.40. The van der Waals surface area contributed by atoms with Gasteiger partial charge in [0.2, 0.25) is 0 Å². The molecule has 5 rings (SSSR count). The van der Waals surface area contributed by atoms with E-state index in [4.69, 9.17) is 4.74 Å². The first-order valence-corrected chi connectivity index (χ1v) is 10.6. The van der Waals surface area contributed by atoms with Crippen LogP contribution >= 0.6 is 0 Å². The van der Waals surface area contributed by atoms with E-state index < -0.39 is 0 Å². The van der Waals surface area contributed by atoms with E-state index in [-0.39, 0.29) is 17.3 Å². The normalized spacial score (nSPS) is 15.8. The summed E-state index contributed by atoms with van der Waals surface area (Å²) in [5, 5.41) is 5.45. The van der Waals surface area contributed by atoms with Gasteiger partial charge in [0.1, 0.15) is 0 Å². The minimum Gasteiger partial charge on any atom is -0.490 e. The summed E-state index contributed by atoms with van der Waals surface area (Å²) < 4.78 is 20.8. The van der Waals surface area contributed by atoms with Gasteiger partial charge in [0.25, 0.3) is 11.5 Å². The van der Waals surface area contributed by atoms with Gasteiger partial charge >= 0.3 is 0 Å². The SMILES string of the molecule is CCn1nc(C(=O)N2CCN(c3ccc(F)c4c3CCO4)CC2)c2ccccc2c1=O. The number of carbonyl (C=O) groups excluding carboxylic acids is 1. The highest BCUT2D eigenvalue weighted by Gasteiger charge is 2.29. The van der Waals surface area contributed by atoms with Gasteiger partial charge in [-0.1, -0.05) is 18.2 Å². The van der Waals surface area contributed by atoms with Gasteiger partial charge < -0.3 is 14.5 Å². The molecule has 0 N–H and O–H groups in total. The number of anilines is 1. The van der Waals surface area contributed by atoms with Crippen molar-refractivity contribution in [2.45, 2.75) is 19.9 Å². The molecule has 0 atom stereocenters. The van der Waals surface area contributed by atoms with Gasteiger partial charge in [0.15, 0.2) is 17.3 Å². The molecular formula is C23H23FN4O3. The Hall–Kier alpha value is -3.42. The summed E-state index contributed by atoms with van der Waals surface area (Å²) in [6, 6.07) is 10.4. The van der Waals surface area contributed by atoms with E-state index in [2.05, 4.69) is 10.00 Å². The number of benzene rings is 2. The highest BCUT2D eigenvalue weighted by Crippen LogP contribution is 2.36. The average molecular weight is 422 g/mol. The van der Waals surface area contributed by atoms with E-state index in [9.17, 15) is 14.0 Å². The predicted molar refractivity (Wildman–Crippen MR) is 115 cm³/mol. The number of carbonyl (C=O) groups is 1. The molecule has 0 unspecified atom stereocenters. The summed E-state index contributed by atoms with van der Waals surface area (Å²) in [7, 11) is 0. The van der Waals surface area contributed by atoms with Gasteiger partial charge in [-0.3, -0.25) is 9.59 Å². The van der Waals surface area contributed by atoms with Crippen molar-refractivity contribution >= 4 is 22.4 Å². The third-order valence-electron chi connectivity index (χ3n) is 6.06. The summed E-state index contributed by atoms with van der Waals surface area (Å²) in [4.78, 5) is 29.8. The van der Waals surface area contributed by atoms with Gasteiger partial charge in [-0.25, -0.2) is 9.07 Å². The number of nitrogens with zero attached hydrogens (tertiary/aromatic N) is 4. The smallest absolute Gasteiger partial charge is 0.275 e. The summed E-state index contributed by atoms with van der Waals surface area (Å²) in [5.74, 6) is -0.145. The zero-order chi connectivity index (χ0) is 21.5. The summed E-state index contributed by atoms with van der Waals surface area (Å²) in [6.45, 7) is 5.04. The zero-order valence-electron chi connectivity index (χ0n) is 17.3. The lowest BCUT2D eigenvalue weighted by atomic mass is 10.1. The molecule has 31 heavy (non-hydrogen) atoms. The van der Waals surface area contributed by atoms with Crippen molar-refractivity contribution in [1.82, 2.24) is 14.7 Å². The molecule has 0 saturated carbocycles. The molecule has 2 aliphatic rings. The number of halogens is 1. The molecule has 1 amide bonds. The minimum absolute atomic E-state index is 0.175. The number of rotatable bonds is 3. The highest BCUT2D eigenvalue weighted by molar-refractivity contribution is 6.04. The van der Waals surface area contributed by atoms with Crippen molar-refractivity contribution in [3.8, 4) is 5.75 Å². The van der Waals surface area contributed by atoms with Crippen molar-refractivity contribution in [3.63, 3.8) is 0 Å². The van der Waals surface area contributed by atoms with Crippen LogP contribution in [0.2, 0.25) is 0 Å². The van der Waals surface area contributed by atoms with Crippen molar-refractivity contribution in [2.24, 2.45) is 0 Å². The van der Waals surface area contributed by atoms with Crippen LogP contribution in [-0.2, 0) is 13.0 Å². The van der Waals surface area contributed by atoms with E-state index in [1.807, 2.05) is 13.0 Å². The molecule has 2 aliphatic heterocycles. The number of hydrogen-bond acceptors (Lipinski definition) is 5. The van der Waals surface area contributed by atoms with Gasteiger partial charge in [0.05, 0.1) is 12.0 Å². The molecule has 3 heterocycles. The lowest BCUT2D eigenvalue weighted by Crippen LogP contribution is -2.49. The topological polar surface area (TPSA) is 67.7 Å². The first kappa shape index (κ1) is 19.5. The van der Waals surface area contributed by atoms with Crippen molar-refractivity contribution in [3.05, 3.63) is 63.8 Å². The van der Waals surface area contributed by atoms with Crippen LogP contribution in [0.15, 0.2) is 41.2 Å². The number of hydrogen-bond donors (Lipinski definition) is 0. The number of aromatic nitrogens is 2. The molecule has 2 aromatic carbocycles. The number of piperazine rings is 1. The summed E-state index contributed by atoms with van der Waals surface area (Å²) >= 11 is 0. The number of aryl methyl sites for hydroxylation is 1. The Bertz CT molecular complexity index is 1230. The molecule has 0 radical (unpaired) electrons. The van der Waals surface area contributed by atoms with Gasteiger partial charge in [-0.2, -0.15) is 5.10 Å². The Morgan fingerprint density at radius 3 is 2.58 bits per heavy atom. The third kappa shape index (κ3) is 3.22. The largest absolute Gasteiger partial charge is 0.490 e. The zero-order valence-corrected chi connectivity index (χ0v) is 17.3. The molecule has 0 bridgehead atoms. The monoisotopic (exact) mass is 422 g/mol. The van der Waals surface area contributed by atoms with Crippen LogP contribution in [0.4, 0.5) is 10.1 Å². The Kier molecular flexibility index (Phi) is 4.84. The Morgan fingerprint density at radius 2 is 1.84 bits per heavy atom. The predicted octanol–water partition coefficient (Wildman–Crippen LogP) is 2.45. The second kappa shape index (κ2) is 7.68. The molecule has 160 valence electrons. The minimum atomic E-state index is -0.325. The second-order valence-electron chi connectivity index (χ2n) is 7.77. The summed E-state index contributed by atoms with van der Waals surface area (Å²) in [5.41, 5.74) is 2.00. The van der Waals surface area contributed by atoms with Crippen molar-refractivity contribution in [1.29, 1.82) is 0 Å². The van der Waals surface area contributed by atoms with E-state index in [1.54, 1.807) is 29.2 Å². The fraction of sp³-hybridized carbons (Fsp3) is 0.348. The van der Waals surface area contributed by atoms with Crippen LogP contribution in [0.25, 0.3) is 10.8 Å². The van der Waals surface area contributed by atoms with Crippen LogP contribution in [0.1, 0.15) is 23.0 Å². The van der Waals surface area contributed by atoms with Crippen LogP contribution < -0.4 is 15.2 Å².